The molecule has 4 aromatic rings. The predicted molar refractivity (Wildman–Crippen MR) is 127 cm³/mol. The van der Waals surface area contributed by atoms with Crippen molar-refractivity contribution in [2.45, 2.75) is 6.92 Å². The molecule has 1 fully saturated rings. The van der Waals surface area contributed by atoms with Crippen LogP contribution < -0.4 is 4.90 Å². The van der Waals surface area contributed by atoms with Crippen molar-refractivity contribution in [1.82, 2.24) is 19.5 Å². The van der Waals surface area contributed by atoms with Crippen LogP contribution in [0, 0.1) is 12.7 Å². The van der Waals surface area contributed by atoms with Crippen LogP contribution in [-0.2, 0) is 0 Å². The molecule has 0 radical (unpaired) electrons. The molecule has 1 aliphatic rings. The molecular formula is C26H26FN5. The van der Waals surface area contributed by atoms with Gasteiger partial charge in [0.25, 0.3) is 0 Å². The lowest BCUT2D eigenvalue weighted by atomic mass is 10.1. The van der Waals surface area contributed by atoms with E-state index in [-0.39, 0.29) is 5.82 Å². The number of aromatic nitrogens is 3. The molecular weight excluding hydrogens is 401 g/mol. The van der Waals surface area contributed by atoms with E-state index in [2.05, 4.69) is 57.4 Å². The minimum atomic E-state index is -0.244. The van der Waals surface area contributed by atoms with Crippen LogP contribution in [0.4, 0.5) is 10.2 Å². The molecule has 0 saturated carbocycles. The molecule has 162 valence electrons. The minimum Gasteiger partial charge on any atom is -0.354 e. The summed E-state index contributed by atoms with van der Waals surface area (Å²) < 4.78 is 15.3. The lowest BCUT2D eigenvalue weighted by Crippen LogP contribution is -2.47. The Labute approximate surface area is 187 Å². The molecule has 5 nitrogen and oxygen atoms in total. The summed E-state index contributed by atoms with van der Waals surface area (Å²) in [5.74, 6) is 0.812. The average Bonchev–Trinajstić information content (AvgIpc) is 3.24. The van der Waals surface area contributed by atoms with Gasteiger partial charge in [-0.1, -0.05) is 54.6 Å². The lowest BCUT2D eigenvalue weighted by Gasteiger charge is -2.35. The number of piperazine rings is 1. The third kappa shape index (κ3) is 4.27. The Bertz CT molecular complexity index is 1220. The third-order valence-corrected chi connectivity index (χ3v) is 5.91. The second-order valence-electron chi connectivity index (χ2n) is 8.16. The summed E-state index contributed by atoms with van der Waals surface area (Å²) in [6, 6.07) is 19.0. The molecule has 0 N–H and O–H groups in total. The maximum Gasteiger partial charge on any atom is 0.165 e. The second-order valence-corrected chi connectivity index (χ2v) is 8.16. The molecule has 0 bridgehead atoms. The summed E-state index contributed by atoms with van der Waals surface area (Å²) in [6.45, 7) is 6.81. The smallest absolute Gasteiger partial charge is 0.165 e. The first-order valence-electron chi connectivity index (χ1n) is 11.0. The van der Waals surface area contributed by atoms with Crippen LogP contribution in [-0.4, -0.2) is 52.2 Å². The first-order valence-corrected chi connectivity index (χ1v) is 11.0. The number of rotatable bonds is 5. The van der Waals surface area contributed by atoms with Crippen molar-refractivity contribution in [3.8, 4) is 11.1 Å². The van der Waals surface area contributed by atoms with E-state index in [1.807, 2.05) is 23.7 Å². The van der Waals surface area contributed by atoms with Gasteiger partial charge in [-0.2, -0.15) is 9.61 Å². The summed E-state index contributed by atoms with van der Waals surface area (Å²) in [7, 11) is 0. The van der Waals surface area contributed by atoms with Gasteiger partial charge in [0.15, 0.2) is 5.65 Å². The topological polar surface area (TPSA) is 36.7 Å². The third-order valence-electron chi connectivity index (χ3n) is 5.91. The van der Waals surface area contributed by atoms with E-state index in [1.165, 1.54) is 17.7 Å². The predicted octanol–water partition coefficient (Wildman–Crippen LogP) is 4.68. The second kappa shape index (κ2) is 8.93. The zero-order valence-electron chi connectivity index (χ0n) is 18.2. The quantitative estimate of drug-likeness (QED) is 0.463. The normalized spacial score (nSPS) is 15.1. The maximum atomic E-state index is 13.4. The zero-order valence-corrected chi connectivity index (χ0v) is 18.2. The van der Waals surface area contributed by atoms with E-state index < -0.39 is 0 Å². The molecule has 0 unspecified atom stereocenters. The number of benzene rings is 2. The molecule has 32 heavy (non-hydrogen) atoms. The Balaban J connectivity index is 1.31. The SMILES string of the molecule is Cc1cc(N2CCN(CC=Cc3ccccc3)CC2)n2ncc(-c3ccc(F)cc3)c2n1. The summed E-state index contributed by atoms with van der Waals surface area (Å²) in [6.07, 6.45) is 6.24. The number of fused-ring (bicyclic) bond motifs is 1. The fourth-order valence-corrected chi connectivity index (χ4v) is 4.18. The van der Waals surface area contributed by atoms with Crippen LogP contribution in [0.2, 0.25) is 0 Å². The lowest BCUT2D eigenvalue weighted by molar-refractivity contribution is 0.283. The van der Waals surface area contributed by atoms with Crippen molar-refractivity contribution in [3.05, 3.63) is 90.0 Å². The largest absolute Gasteiger partial charge is 0.354 e. The van der Waals surface area contributed by atoms with Crippen LogP contribution in [0.15, 0.2) is 72.9 Å². The highest BCUT2D eigenvalue weighted by molar-refractivity contribution is 5.78. The van der Waals surface area contributed by atoms with Crippen molar-refractivity contribution in [2.24, 2.45) is 0 Å². The molecule has 0 atom stereocenters. The standard InChI is InChI=1S/C26H26FN5/c1-20-18-25(32-26(29-20)24(19-28-32)22-9-11-23(27)12-10-22)31-16-14-30(15-17-31)13-5-8-21-6-3-2-4-7-21/h2-12,18-19H,13-17H2,1H3. The molecule has 2 aromatic heterocycles. The van der Waals surface area contributed by atoms with E-state index in [1.54, 1.807) is 12.1 Å². The summed E-state index contributed by atoms with van der Waals surface area (Å²) in [5.41, 5.74) is 4.82. The highest BCUT2D eigenvalue weighted by Gasteiger charge is 2.21. The van der Waals surface area contributed by atoms with E-state index in [0.717, 1.165) is 61.0 Å². The van der Waals surface area contributed by atoms with Crippen molar-refractivity contribution < 1.29 is 4.39 Å². The zero-order chi connectivity index (χ0) is 21.9. The van der Waals surface area contributed by atoms with Crippen LogP contribution >= 0.6 is 0 Å². The van der Waals surface area contributed by atoms with Gasteiger partial charge in [0.1, 0.15) is 11.6 Å². The van der Waals surface area contributed by atoms with Gasteiger partial charge in [-0.25, -0.2) is 9.37 Å². The average molecular weight is 428 g/mol. The van der Waals surface area contributed by atoms with E-state index in [0.29, 0.717) is 0 Å². The number of nitrogens with zero attached hydrogens (tertiary/aromatic N) is 5. The van der Waals surface area contributed by atoms with Crippen molar-refractivity contribution >= 4 is 17.5 Å². The Hall–Kier alpha value is -3.51. The Kier molecular flexibility index (Phi) is 5.69. The Morgan fingerprint density at radius 2 is 1.72 bits per heavy atom. The highest BCUT2D eigenvalue weighted by Crippen LogP contribution is 2.27. The van der Waals surface area contributed by atoms with E-state index in [9.17, 15) is 4.39 Å². The van der Waals surface area contributed by atoms with Gasteiger partial charge in [0.2, 0.25) is 0 Å². The number of hydrogen-bond acceptors (Lipinski definition) is 4. The molecule has 2 aromatic carbocycles. The molecule has 1 saturated heterocycles. The van der Waals surface area contributed by atoms with Gasteiger partial charge in [0.05, 0.1) is 6.20 Å². The number of hydrogen-bond donors (Lipinski definition) is 0. The van der Waals surface area contributed by atoms with Gasteiger partial charge in [-0.05, 0) is 30.2 Å². The monoisotopic (exact) mass is 427 g/mol. The molecule has 6 heteroatoms. The van der Waals surface area contributed by atoms with Crippen LogP contribution in [0.25, 0.3) is 22.9 Å². The first kappa shape index (κ1) is 20.4. The minimum absolute atomic E-state index is 0.244. The summed E-state index contributed by atoms with van der Waals surface area (Å²) in [4.78, 5) is 9.58. The van der Waals surface area contributed by atoms with Gasteiger partial charge < -0.3 is 4.90 Å². The van der Waals surface area contributed by atoms with Crippen LogP contribution in [0.1, 0.15) is 11.3 Å². The molecule has 5 rings (SSSR count). The van der Waals surface area contributed by atoms with Crippen molar-refractivity contribution in [2.75, 3.05) is 37.6 Å². The fourth-order valence-electron chi connectivity index (χ4n) is 4.18. The molecule has 0 spiro atoms. The van der Waals surface area contributed by atoms with Crippen molar-refractivity contribution in [1.29, 1.82) is 0 Å². The van der Waals surface area contributed by atoms with Crippen LogP contribution in [0.5, 0.6) is 0 Å². The summed E-state index contributed by atoms with van der Waals surface area (Å²) >= 11 is 0. The molecule has 1 aliphatic heterocycles. The number of anilines is 1. The molecule has 0 aliphatic carbocycles. The van der Waals surface area contributed by atoms with Gasteiger partial charge >= 0.3 is 0 Å². The number of halogens is 1. The van der Waals surface area contributed by atoms with Gasteiger partial charge in [0, 0.05) is 50.0 Å². The summed E-state index contributed by atoms with van der Waals surface area (Å²) in [5, 5.41) is 4.63. The highest BCUT2D eigenvalue weighted by atomic mass is 19.1. The Morgan fingerprint density at radius 3 is 2.47 bits per heavy atom. The molecule has 0 amide bonds. The van der Waals surface area contributed by atoms with E-state index in [4.69, 9.17) is 4.98 Å². The first-order chi connectivity index (χ1) is 15.7. The van der Waals surface area contributed by atoms with Crippen LogP contribution in [0.3, 0.4) is 0 Å². The fraction of sp³-hybridized carbons (Fsp3) is 0.231. The Morgan fingerprint density at radius 1 is 0.969 bits per heavy atom. The van der Waals surface area contributed by atoms with E-state index >= 15 is 0 Å². The van der Waals surface area contributed by atoms with Crippen molar-refractivity contribution in [3.63, 3.8) is 0 Å². The molecule has 3 heterocycles. The number of aryl methyl sites for hydroxylation is 1. The van der Waals surface area contributed by atoms with Gasteiger partial charge in [-0.3, -0.25) is 4.90 Å². The maximum absolute atomic E-state index is 13.4. The van der Waals surface area contributed by atoms with Gasteiger partial charge in [-0.15, -0.1) is 0 Å².